The van der Waals surface area contributed by atoms with Gasteiger partial charge in [-0.2, -0.15) is 0 Å². The summed E-state index contributed by atoms with van der Waals surface area (Å²) in [7, 11) is 0. The van der Waals surface area contributed by atoms with Gasteiger partial charge in [-0.25, -0.2) is 0 Å². The number of carbonyl (C=O) groups is 2. The lowest BCUT2D eigenvalue weighted by Crippen LogP contribution is -2.44. The number of hydrogen-bond acceptors (Lipinski definition) is 2. The molecule has 3 nitrogen and oxygen atoms in total. The van der Waals surface area contributed by atoms with Crippen molar-refractivity contribution < 1.29 is 9.59 Å². The lowest BCUT2D eigenvalue weighted by molar-refractivity contribution is -0.135. The highest BCUT2D eigenvalue weighted by atomic mass is 16.2. The van der Waals surface area contributed by atoms with Crippen molar-refractivity contribution in [2.24, 2.45) is 0 Å². The Bertz CT molecular complexity index is 238. The zero-order valence-electron chi connectivity index (χ0n) is 9.79. The fourth-order valence-electron chi connectivity index (χ4n) is 2.23. The van der Waals surface area contributed by atoms with Crippen molar-refractivity contribution in [1.29, 1.82) is 0 Å². The van der Waals surface area contributed by atoms with Gasteiger partial charge in [-0.3, -0.25) is 9.59 Å². The van der Waals surface area contributed by atoms with E-state index in [1.165, 1.54) is 0 Å². The maximum absolute atomic E-state index is 11.8. The van der Waals surface area contributed by atoms with Gasteiger partial charge in [0.2, 0.25) is 5.91 Å². The monoisotopic (exact) mass is 211 g/mol. The Kier molecular flexibility index (Phi) is 4.79. The SMILES string of the molecule is CCCC(=O)N1CCCCC1CC(C)=O. The van der Waals surface area contributed by atoms with Gasteiger partial charge in [0.05, 0.1) is 0 Å². The van der Waals surface area contributed by atoms with Gasteiger partial charge in [0.1, 0.15) is 5.78 Å². The normalized spacial score (nSPS) is 21.5. The van der Waals surface area contributed by atoms with Gasteiger partial charge in [0.25, 0.3) is 0 Å². The second kappa shape index (κ2) is 5.89. The fourth-order valence-corrected chi connectivity index (χ4v) is 2.23. The summed E-state index contributed by atoms with van der Waals surface area (Å²) in [6.07, 6.45) is 5.28. The summed E-state index contributed by atoms with van der Waals surface area (Å²) in [4.78, 5) is 24.8. The quantitative estimate of drug-likeness (QED) is 0.714. The number of nitrogens with zero attached hydrogens (tertiary/aromatic N) is 1. The average molecular weight is 211 g/mol. The highest BCUT2D eigenvalue weighted by Crippen LogP contribution is 2.21. The fraction of sp³-hybridized carbons (Fsp3) is 0.833. The van der Waals surface area contributed by atoms with Crippen molar-refractivity contribution >= 4 is 11.7 Å². The molecule has 0 aromatic heterocycles. The molecule has 0 spiro atoms. The molecule has 1 heterocycles. The standard InChI is InChI=1S/C12H21NO2/c1-3-6-12(15)13-8-5-4-7-11(13)9-10(2)14/h11H,3-9H2,1-2H3. The van der Waals surface area contributed by atoms with Gasteiger partial charge in [-0.1, -0.05) is 6.92 Å². The third-order valence-electron chi connectivity index (χ3n) is 2.93. The number of rotatable bonds is 4. The molecule has 0 aliphatic carbocycles. The Hall–Kier alpha value is -0.860. The van der Waals surface area contributed by atoms with E-state index in [1.807, 2.05) is 11.8 Å². The first-order valence-electron chi connectivity index (χ1n) is 5.94. The van der Waals surface area contributed by atoms with Gasteiger partial charge in [-0.05, 0) is 32.6 Å². The van der Waals surface area contributed by atoms with Crippen LogP contribution < -0.4 is 0 Å². The van der Waals surface area contributed by atoms with Gasteiger partial charge >= 0.3 is 0 Å². The first-order chi connectivity index (χ1) is 7.15. The number of piperidine rings is 1. The largest absolute Gasteiger partial charge is 0.339 e. The van der Waals surface area contributed by atoms with Crippen molar-refractivity contribution in [3.8, 4) is 0 Å². The van der Waals surface area contributed by atoms with Crippen molar-refractivity contribution in [3.05, 3.63) is 0 Å². The van der Waals surface area contributed by atoms with Gasteiger partial charge in [0, 0.05) is 25.4 Å². The minimum atomic E-state index is 0.176. The molecule has 1 aliphatic heterocycles. The smallest absolute Gasteiger partial charge is 0.222 e. The summed E-state index contributed by atoms with van der Waals surface area (Å²) < 4.78 is 0. The second-order valence-electron chi connectivity index (χ2n) is 4.39. The van der Waals surface area contributed by atoms with Crippen LogP contribution in [0.25, 0.3) is 0 Å². The minimum absolute atomic E-state index is 0.176. The molecule has 15 heavy (non-hydrogen) atoms. The molecular formula is C12H21NO2. The molecule has 1 unspecified atom stereocenters. The molecule has 3 heteroatoms. The summed E-state index contributed by atoms with van der Waals surface area (Å²) in [6, 6.07) is 0.176. The van der Waals surface area contributed by atoms with Crippen LogP contribution >= 0.6 is 0 Å². The summed E-state index contributed by atoms with van der Waals surface area (Å²) >= 11 is 0. The van der Waals surface area contributed by atoms with E-state index in [2.05, 4.69) is 0 Å². The van der Waals surface area contributed by atoms with E-state index in [9.17, 15) is 9.59 Å². The molecule has 0 N–H and O–H groups in total. The molecule has 1 saturated heterocycles. The van der Waals surface area contributed by atoms with Crippen molar-refractivity contribution in [2.45, 2.75) is 58.4 Å². The molecule has 0 aromatic carbocycles. The topological polar surface area (TPSA) is 37.4 Å². The Morgan fingerprint density at radius 2 is 2.07 bits per heavy atom. The molecule has 0 aromatic rings. The molecule has 1 amide bonds. The summed E-state index contributed by atoms with van der Waals surface area (Å²) in [5, 5.41) is 0. The number of hydrogen-bond donors (Lipinski definition) is 0. The maximum atomic E-state index is 11.8. The van der Waals surface area contributed by atoms with Crippen LogP contribution in [0.1, 0.15) is 52.4 Å². The van der Waals surface area contributed by atoms with Crippen molar-refractivity contribution in [2.75, 3.05) is 6.54 Å². The molecule has 1 rings (SSSR count). The minimum Gasteiger partial charge on any atom is -0.339 e. The van der Waals surface area contributed by atoms with E-state index in [4.69, 9.17) is 0 Å². The van der Waals surface area contributed by atoms with E-state index < -0.39 is 0 Å². The van der Waals surface area contributed by atoms with E-state index in [-0.39, 0.29) is 17.7 Å². The molecule has 1 aliphatic rings. The molecule has 1 atom stereocenters. The predicted octanol–water partition coefficient (Wildman–Crippen LogP) is 2.15. The molecule has 0 bridgehead atoms. The van der Waals surface area contributed by atoms with Crippen LogP contribution in [0.2, 0.25) is 0 Å². The van der Waals surface area contributed by atoms with Crippen LogP contribution in [0.3, 0.4) is 0 Å². The van der Waals surface area contributed by atoms with E-state index in [1.54, 1.807) is 6.92 Å². The van der Waals surface area contributed by atoms with Crippen LogP contribution in [0.5, 0.6) is 0 Å². The molecule has 86 valence electrons. The zero-order valence-corrected chi connectivity index (χ0v) is 9.79. The lowest BCUT2D eigenvalue weighted by Gasteiger charge is -2.35. The number of Topliss-reactive ketones (excluding diaryl/α,β-unsaturated/α-hetero) is 1. The molecule has 0 radical (unpaired) electrons. The average Bonchev–Trinajstić information content (AvgIpc) is 2.18. The van der Waals surface area contributed by atoms with Crippen LogP contribution in [0.4, 0.5) is 0 Å². The first kappa shape index (κ1) is 12.2. The lowest BCUT2D eigenvalue weighted by atomic mass is 9.97. The third kappa shape index (κ3) is 3.65. The predicted molar refractivity (Wildman–Crippen MR) is 59.6 cm³/mol. The van der Waals surface area contributed by atoms with Crippen molar-refractivity contribution in [3.63, 3.8) is 0 Å². The number of ketones is 1. The first-order valence-corrected chi connectivity index (χ1v) is 5.94. The Morgan fingerprint density at radius 1 is 1.33 bits per heavy atom. The number of amides is 1. The highest BCUT2D eigenvalue weighted by molar-refractivity contribution is 5.79. The zero-order chi connectivity index (χ0) is 11.3. The third-order valence-corrected chi connectivity index (χ3v) is 2.93. The summed E-state index contributed by atoms with van der Waals surface area (Å²) in [6.45, 7) is 4.47. The Morgan fingerprint density at radius 3 is 2.67 bits per heavy atom. The molecule has 1 fully saturated rings. The van der Waals surface area contributed by atoms with Crippen molar-refractivity contribution in [1.82, 2.24) is 4.90 Å². The van der Waals surface area contributed by atoms with Crippen LogP contribution in [-0.4, -0.2) is 29.2 Å². The van der Waals surface area contributed by atoms with Gasteiger partial charge in [-0.15, -0.1) is 0 Å². The second-order valence-corrected chi connectivity index (χ2v) is 4.39. The van der Waals surface area contributed by atoms with Gasteiger partial charge < -0.3 is 4.90 Å². The maximum Gasteiger partial charge on any atom is 0.222 e. The summed E-state index contributed by atoms with van der Waals surface area (Å²) in [5.74, 6) is 0.416. The molecule has 0 saturated carbocycles. The van der Waals surface area contributed by atoms with Crippen LogP contribution in [0, 0.1) is 0 Å². The summed E-state index contributed by atoms with van der Waals surface area (Å²) in [5.41, 5.74) is 0. The van der Waals surface area contributed by atoms with E-state index >= 15 is 0 Å². The number of likely N-dealkylation sites (tertiary alicyclic amines) is 1. The van der Waals surface area contributed by atoms with Crippen LogP contribution in [0.15, 0.2) is 0 Å². The van der Waals surface area contributed by atoms with E-state index in [0.717, 1.165) is 32.2 Å². The van der Waals surface area contributed by atoms with Gasteiger partial charge in [0.15, 0.2) is 0 Å². The van der Waals surface area contributed by atoms with Crippen LogP contribution in [-0.2, 0) is 9.59 Å². The Balaban J connectivity index is 2.56. The number of carbonyl (C=O) groups excluding carboxylic acids is 2. The van der Waals surface area contributed by atoms with E-state index in [0.29, 0.717) is 12.8 Å². The Labute approximate surface area is 91.8 Å². The highest BCUT2D eigenvalue weighted by Gasteiger charge is 2.26. The molecular weight excluding hydrogens is 190 g/mol.